The molecule has 1 N–H and O–H groups in total. The van der Waals surface area contributed by atoms with Gasteiger partial charge in [0, 0.05) is 6.04 Å². The van der Waals surface area contributed by atoms with Crippen molar-refractivity contribution in [3.8, 4) is 0 Å². The van der Waals surface area contributed by atoms with Gasteiger partial charge in [-0.15, -0.1) is 0 Å². The van der Waals surface area contributed by atoms with E-state index in [0.29, 0.717) is 18.3 Å². The highest BCUT2D eigenvalue weighted by molar-refractivity contribution is 6.01. The summed E-state index contributed by atoms with van der Waals surface area (Å²) in [6, 6.07) is 5.02. The van der Waals surface area contributed by atoms with Gasteiger partial charge in [0.05, 0.1) is 17.9 Å². The van der Waals surface area contributed by atoms with Gasteiger partial charge in [0.15, 0.2) is 0 Å². The van der Waals surface area contributed by atoms with Gasteiger partial charge in [0.1, 0.15) is 5.82 Å². The van der Waals surface area contributed by atoms with Gasteiger partial charge >= 0.3 is 0 Å². The minimum atomic E-state index is -0.313. The van der Waals surface area contributed by atoms with E-state index in [2.05, 4.69) is 10.2 Å². The Morgan fingerprint density at radius 2 is 2.20 bits per heavy atom. The number of carbonyl (C=O) groups is 1. The zero-order chi connectivity index (χ0) is 10.4. The molecule has 78 valence electrons. The quantitative estimate of drug-likeness (QED) is 0.759. The number of carbonyl (C=O) groups excluding carboxylic acids is 1. The summed E-state index contributed by atoms with van der Waals surface area (Å²) in [6.07, 6.45) is 2.26. The van der Waals surface area contributed by atoms with E-state index in [0.717, 1.165) is 18.5 Å². The highest BCUT2D eigenvalue weighted by Crippen LogP contribution is 2.38. The number of fused-ring (bicyclic) bond motifs is 1. The number of anilines is 2. The summed E-state index contributed by atoms with van der Waals surface area (Å²) in [5.74, 6) is -0.369. The number of hydrogen-bond donors (Lipinski definition) is 1. The molecule has 1 aliphatic carbocycles. The fourth-order valence-corrected chi connectivity index (χ4v) is 2.00. The van der Waals surface area contributed by atoms with Crippen LogP contribution in [0, 0.1) is 5.82 Å². The fourth-order valence-electron chi connectivity index (χ4n) is 2.00. The number of hydrogen-bond acceptors (Lipinski definition) is 2. The average Bonchev–Trinajstić information content (AvgIpc) is 2.98. The maximum Gasteiger partial charge on any atom is 0.243 e. The molecule has 15 heavy (non-hydrogen) atoms. The lowest BCUT2D eigenvalue weighted by molar-refractivity contribution is -0.115. The molecule has 4 heteroatoms. The van der Waals surface area contributed by atoms with Gasteiger partial charge in [0.25, 0.3) is 0 Å². The molecule has 0 saturated heterocycles. The van der Waals surface area contributed by atoms with Crippen LogP contribution in [0.5, 0.6) is 0 Å². The summed E-state index contributed by atoms with van der Waals surface area (Å²) in [5, 5.41) is 2.69. The van der Waals surface area contributed by atoms with Crippen molar-refractivity contribution in [2.24, 2.45) is 0 Å². The number of benzene rings is 1. The van der Waals surface area contributed by atoms with Crippen LogP contribution in [0.15, 0.2) is 18.2 Å². The predicted octanol–water partition coefficient (Wildman–Crippen LogP) is 1.75. The van der Waals surface area contributed by atoms with E-state index in [9.17, 15) is 9.18 Å². The monoisotopic (exact) mass is 206 g/mol. The van der Waals surface area contributed by atoms with Crippen LogP contribution in [0.2, 0.25) is 0 Å². The Labute approximate surface area is 86.9 Å². The van der Waals surface area contributed by atoms with E-state index >= 15 is 0 Å². The number of nitrogens with zero attached hydrogens (tertiary/aromatic N) is 1. The molecule has 1 aliphatic heterocycles. The first-order valence-electron chi connectivity index (χ1n) is 5.10. The molecule has 0 atom stereocenters. The second-order valence-electron chi connectivity index (χ2n) is 4.07. The summed E-state index contributed by atoms with van der Waals surface area (Å²) in [7, 11) is 0. The molecule has 3 rings (SSSR count). The lowest BCUT2D eigenvalue weighted by atomic mass is 10.2. The van der Waals surface area contributed by atoms with Crippen LogP contribution in [0.25, 0.3) is 0 Å². The van der Waals surface area contributed by atoms with Crippen LogP contribution < -0.4 is 10.2 Å². The molecule has 0 bridgehead atoms. The van der Waals surface area contributed by atoms with Crippen molar-refractivity contribution in [1.82, 2.24) is 0 Å². The molecule has 0 spiro atoms. The van der Waals surface area contributed by atoms with Crippen molar-refractivity contribution in [3.63, 3.8) is 0 Å². The molecule has 0 aromatic heterocycles. The van der Waals surface area contributed by atoms with Crippen molar-refractivity contribution >= 4 is 17.3 Å². The van der Waals surface area contributed by atoms with E-state index < -0.39 is 0 Å². The van der Waals surface area contributed by atoms with E-state index in [1.165, 1.54) is 12.1 Å². The van der Waals surface area contributed by atoms with Crippen LogP contribution in [0.3, 0.4) is 0 Å². The lowest BCUT2D eigenvalue weighted by Crippen LogP contribution is -2.39. The van der Waals surface area contributed by atoms with E-state index in [1.807, 2.05) is 0 Å². The Bertz CT molecular complexity index is 429. The first kappa shape index (κ1) is 8.71. The smallest absolute Gasteiger partial charge is 0.243 e. The topological polar surface area (TPSA) is 32.3 Å². The van der Waals surface area contributed by atoms with Gasteiger partial charge in [-0.3, -0.25) is 4.79 Å². The summed E-state index contributed by atoms with van der Waals surface area (Å²) < 4.78 is 13.0. The Kier molecular flexibility index (Phi) is 1.71. The van der Waals surface area contributed by atoms with E-state index in [-0.39, 0.29) is 11.7 Å². The highest BCUT2D eigenvalue weighted by atomic mass is 19.1. The molecule has 1 heterocycles. The second-order valence-corrected chi connectivity index (χ2v) is 4.07. The third-order valence-electron chi connectivity index (χ3n) is 2.84. The zero-order valence-electron chi connectivity index (χ0n) is 8.16. The summed E-state index contributed by atoms with van der Waals surface area (Å²) in [5.41, 5.74) is 1.54. The van der Waals surface area contributed by atoms with Gasteiger partial charge in [-0.25, -0.2) is 4.39 Å². The first-order valence-corrected chi connectivity index (χ1v) is 5.10. The minimum Gasteiger partial charge on any atom is -0.358 e. The maximum absolute atomic E-state index is 13.0. The Balaban J connectivity index is 2.05. The summed E-state index contributed by atoms with van der Waals surface area (Å²) in [6.45, 7) is 0.392. The average molecular weight is 206 g/mol. The van der Waals surface area contributed by atoms with Crippen molar-refractivity contribution in [3.05, 3.63) is 24.0 Å². The molecule has 3 nitrogen and oxygen atoms in total. The molecule has 1 aromatic carbocycles. The van der Waals surface area contributed by atoms with Crippen LogP contribution >= 0.6 is 0 Å². The summed E-state index contributed by atoms with van der Waals surface area (Å²) >= 11 is 0. The van der Waals surface area contributed by atoms with Gasteiger partial charge in [-0.2, -0.15) is 0 Å². The molecule has 1 saturated carbocycles. The fraction of sp³-hybridized carbons (Fsp3) is 0.364. The SMILES string of the molecule is O=C1CN(C2CC2)c2ccc(F)cc2N1. The van der Waals surface area contributed by atoms with Crippen molar-refractivity contribution in [2.75, 3.05) is 16.8 Å². The lowest BCUT2D eigenvalue weighted by Gasteiger charge is -2.30. The number of halogens is 1. The molecule has 1 amide bonds. The second kappa shape index (κ2) is 2.95. The Hall–Kier alpha value is -1.58. The van der Waals surface area contributed by atoms with Crippen LogP contribution in [-0.4, -0.2) is 18.5 Å². The van der Waals surface area contributed by atoms with Crippen molar-refractivity contribution < 1.29 is 9.18 Å². The van der Waals surface area contributed by atoms with Gasteiger partial charge in [0.2, 0.25) is 5.91 Å². The largest absolute Gasteiger partial charge is 0.358 e. The van der Waals surface area contributed by atoms with E-state index in [1.54, 1.807) is 6.07 Å². The predicted molar refractivity (Wildman–Crippen MR) is 55.4 cm³/mol. The molecule has 0 unspecified atom stereocenters. The van der Waals surface area contributed by atoms with Crippen LogP contribution in [-0.2, 0) is 4.79 Å². The maximum atomic E-state index is 13.0. The third kappa shape index (κ3) is 1.46. The molecule has 2 aliphatic rings. The zero-order valence-corrected chi connectivity index (χ0v) is 8.16. The van der Waals surface area contributed by atoms with E-state index in [4.69, 9.17) is 0 Å². The minimum absolute atomic E-state index is 0.0556. The van der Waals surface area contributed by atoms with Crippen molar-refractivity contribution in [2.45, 2.75) is 18.9 Å². The molecule has 1 fully saturated rings. The first-order chi connectivity index (χ1) is 7.24. The Morgan fingerprint density at radius 1 is 1.40 bits per heavy atom. The van der Waals surface area contributed by atoms with Gasteiger partial charge < -0.3 is 10.2 Å². The normalized spacial score (nSPS) is 19.8. The highest BCUT2D eigenvalue weighted by Gasteiger charge is 2.34. The van der Waals surface area contributed by atoms with Gasteiger partial charge in [-0.1, -0.05) is 0 Å². The number of nitrogens with one attached hydrogen (secondary N) is 1. The van der Waals surface area contributed by atoms with Crippen molar-refractivity contribution in [1.29, 1.82) is 0 Å². The molecular formula is C11H11FN2O. The molecular weight excluding hydrogens is 195 g/mol. The number of rotatable bonds is 1. The molecule has 1 aromatic rings. The third-order valence-corrected chi connectivity index (χ3v) is 2.84. The van der Waals surface area contributed by atoms with Gasteiger partial charge in [-0.05, 0) is 31.0 Å². The standard InChI is InChI=1S/C11H11FN2O/c12-7-1-4-10-9(5-7)13-11(15)6-14(10)8-2-3-8/h1,4-5,8H,2-3,6H2,(H,13,15). The molecule has 0 radical (unpaired) electrons. The van der Waals surface area contributed by atoms with Crippen LogP contribution in [0.4, 0.5) is 15.8 Å². The van der Waals surface area contributed by atoms with Crippen LogP contribution in [0.1, 0.15) is 12.8 Å². The number of amides is 1. The summed E-state index contributed by atoms with van der Waals surface area (Å²) in [4.78, 5) is 13.5. The Morgan fingerprint density at radius 3 is 2.93 bits per heavy atom.